The van der Waals surface area contributed by atoms with Crippen LogP contribution in [0.2, 0.25) is 0 Å². The van der Waals surface area contributed by atoms with Crippen molar-refractivity contribution >= 4 is 11.0 Å². The lowest BCUT2D eigenvalue weighted by atomic mass is 10.2. The van der Waals surface area contributed by atoms with E-state index in [0.717, 1.165) is 16.9 Å². The van der Waals surface area contributed by atoms with Gasteiger partial charge in [-0.25, -0.2) is 9.67 Å². The van der Waals surface area contributed by atoms with Crippen LogP contribution in [0.5, 0.6) is 0 Å². The average Bonchev–Trinajstić information content (AvgIpc) is 2.93. The summed E-state index contributed by atoms with van der Waals surface area (Å²) in [6.07, 6.45) is 3.44. The lowest BCUT2D eigenvalue weighted by Crippen LogP contribution is -2.13. The van der Waals surface area contributed by atoms with Crippen molar-refractivity contribution in [1.29, 1.82) is 0 Å². The fraction of sp³-hybridized carbons (Fsp3) is 0. The van der Waals surface area contributed by atoms with Gasteiger partial charge in [-0.05, 0) is 36.4 Å². The second-order valence-electron chi connectivity index (χ2n) is 4.92. The summed E-state index contributed by atoms with van der Waals surface area (Å²) >= 11 is 0. The van der Waals surface area contributed by atoms with E-state index in [2.05, 4.69) is 15.1 Å². The molecule has 0 spiro atoms. The molecule has 1 aromatic carbocycles. The fourth-order valence-electron chi connectivity index (χ4n) is 2.44. The summed E-state index contributed by atoms with van der Waals surface area (Å²) in [5.74, 6) is 0. The topological polar surface area (TPSA) is 63.6 Å². The van der Waals surface area contributed by atoms with Gasteiger partial charge >= 0.3 is 0 Å². The Kier molecular flexibility index (Phi) is 2.83. The van der Waals surface area contributed by atoms with E-state index in [-0.39, 0.29) is 5.56 Å². The number of H-pyrrole nitrogens is 1. The maximum atomic E-state index is 12.5. The zero-order valence-corrected chi connectivity index (χ0v) is 11.6. The fourth-order valence-corrected chi connectivity index (χ4v) is 2.44. The zero-order chi connectivity index (χ0) is 14.9. The monoisotopic (exact) mass is 288 g/mol. The van der Waals surface area contributed by atoms with Crippen molar-refractivity contribution in [3.8, 4) is 16.9 Å². The molecule has 4 rings (SSSR count). The van der Waals surface area contributed by atoms with Gasteiger partial charge in [-0.2, -0.15) is 0 Å². The number of benzene rings is 1. The van der Waals surface area contributed by atoms with Crippen LogP contribution in [0.15, 0.2) is 71.8 Å². The van der Waals surface area contributed by atoms with Gasteiger partial charge in [0.1, 0.15) is 0 Å². The zero-order valence-electron chi connectivity index (χ0n) is 11.6. The average molecular weight is 288 g/mol. The summed E-state index contributed by atoms with van der Waals surface area (Å²) in [6, 6.07) is 16.9. The molecule has 0 atom stereocenters. The molecule has 22 heavy (non-hydrogen) atoms. The number of nitrogens with one attached hydrogen (secondary N) is 1. The lowest BCUT2D eigenvalue weighted by Gasteiger charge is -2.00. The summed E-state index contributed by atoms with van der Waals surface area (Å²) in [7, 11) is 0. The Balaban J connectivity index is 1.90. The van der Waals surface area contributed by atoms with Crippen LogP contribution in [0.1, 0.15) is 0 Å². The first-order chi connectivity index (χ1) is 10.8. The van der Waals surface area contributed by atoms with Crippen molar-refractivity contribution in [2.75, 3.05) is 0 Å². The highest BCUT2D eigenvalue weighted by Gasteiger charge is 2.10. The highest BCUT2D eigenvalue weighted by molar-refractivity contribution is 5.78. The molecule has 5 heteroatoms. The standard InChI is InChI=1S/C17H12N4O/c22-17-14-6-7-15(12-8-10-18-11-9-12)19-16(14)20-21(17)13-4-2-1-3-5-13/h1-11H,(H,19,20). The molecule has 0 unspecified atom stereocenters. The van der Waals surface area contributed by atoms with E-state index < -0.39 is 0 Å². The summed E-state index contributed by atoms with van der Waals surface area (Å²) in [5.41, 5.74) is 3.02. The predicted molar refractivity (Wildman–Crippen MR) is 84.9 cm³/mol. The van der Waals surface area contributed by atoms with Crippen molar-refractivity contribution in [3.05, 3.63) is 77.3 Å². The molecule has 0 aliphatic carbocycles. The van der Waals surface area contributed by atoms with Crippen molar-refractivity contribution in [2.24, 2.45) is 0 Å². The third-order valence-electron chi connectivity index (χ3n) is 3.54. The molecular formula is C17H12N4O. The van der Waals surface area contributed by atoms with E-state index in [4.69, 9.17) is 0 Å². The van der Waals surface area contributed by atoms with Crippen LogP contribution < -0.4 is 5.56 Å². The van der Waals surface area contributed by atoms with Gasteiger partial charge in [0, 0.05) is 18.0 Å². The van der Waals surface area contributed by atoms with E-state index in [9.17, 15) is 4.79 Å². The van der Waals surface area contributed by atoms with Crippen LogP contribution in [0.4, 0.5) is 0 Å². The first kappa shape index (κ1) is 12.5. The molecule has 0 radical (unpaired) electrons. The van der Waals surface area contributed by atoms with Gasteiger partial charge in [0.15, 0.2) is 5.65 Å². The molecule has 5 nitrogen and oxygen atoms in total. The van der Waals surface area contributed by atoms with Crippen molar-refractivity contribution in [3.63, 3.8) is 0 Å². The van der Waals surface area contributed by atoms with Gasteiger partial charge in [0.2, 0.25) is 0 Å². The Bertz CT molecular complexity index is 988. The van der Waals surface area contributed by atoms with Crippen LogP contribution in [0.3, 0.4) is 0 Å². The van der Waals surface area contributed by atoms with Gasteiger partial charge in [0.25, 0.3) is 5.56 Å². The smallest absolute Gasteiger partial charge is 0.274 e. The number of fused-ring (bicyclic) bond motifs is 1. The van der Waals surface area contributed by atoms with Crippen LogP contribution in [0.25, 0.3) is 28.0 Å². The van der Waals surface area contributed by atoms with Gasteiger partial charge < -0.3 is 0 Å². The maximum Gasteiger partial charge on any atom is 0.280 e. The molecule has 0 saturated carbocycles. The van der Waals surface area contributed by atoms with E-state index in [0.29, 0.717) is 11.0 Å². The second kappa shape index (κ2) is 4.96. The van der Waals surface area contributed by atoms with Gasteiger partial charge in [-0.1, -0.05) is 18.2 Å². The molecule has 1 N–H and O–H groups in total. The lowest BCUT2D eigenvalue weighted by molar-refractivity contribution is 0.859. The molecule has 0 aliphatic heterocycles. The quantitative estimate of drug-likeness (QED) is 0.617. The van der Waals surface area contributed by atoms with Crippen molar-refractivity contribution < 1.29 is 0 Å². The van der Waals surface area contributed by atoms with Crippen LogP contribution in [-0.4, -0.2) is 19.7 Å². The van der Waals surface area contributed by atoms with Gasteiger partial charge in [0.05, 0.1) is 16.8 Å². The van der Waals surface area contributed by atoms with E-state index in [1.54, 1.807) is 18.5 Å². The first-order valence-electron chi connectivity index (χ1n) is 6.90. The Morgan fingerprint density at radius 1 is 0.909 bits per heavy atom. The molecule has 0 aliphatic rings. The molecule has 3 aromatic heterocycles. The summed E-state index contributed by atoms with van der Waals surface area (Å²) in [6.45, 7) is 0. The number of aromatic amines is 1. The van der Waals surface area contributed by atoms with Crippen LogP contribution in [0, 0.1) is 0 Å². The first-order valence-corrected chi connectivity index (χ1v) is 6.90. The Morgan fingerprint density at radius 3 is 2.45 bits per heavy atom. The number of hydrogen-bond acceptors (Lipinski definition) is 3. The summed E-state index contributed by atoms with van der Waals surface area (Å²) < 4.78 is 1.51. The third-order valence-corrected chi connectivity index (χ3v) is 3.54. The van der Waals surface area contributed by atoms with E-state index in [1.807, 2.05) is 48.5 Å². The number of aromatic nitrogens is 4. The van der Waals surface area contributed by atoms with Crippen molar-refractivity contribution in [1.82, 2.24) is 19.7 Å². The van der Waals surface area contributed by atoms with E-state index >= 15 is 0 Å². The Hall–Kier alpha value is -3.21. The minimum Gasteiger partial charge on any atom is -0.274 e. The number of rotatable bonds is 2. The number of hydrogen-bond donors (Lipinski definition) is 1. The number of pyridine rings is 2. The molecule has 3 heterocycles. The van der Waals surface area contributed by atoms with Crippen LogP contribution >= 0.6 is 0 Å². The van der Waals surface area contributed by atoms with Gasteiger partial charge in [-0.15, -0.1) is 0 Å². The Morgan fingerprint density at radius 2 is 1.68 bits per heavy atom. The highest BCUT2D eigenvalue weighted by Crippen LogP contribution is 2.18. The molecule has 0 saturated heterocycles. The molecule has 0 bridgehead atoms. The number of nitrogens with zero attached hydrogens (tertiary/aromatic N) is 3. The minimum absolute atomic E-state index is 0.102. The molecular weight excluding hydrogens is 276 g/mol. The minimum atomic E-state index is -0.102. The largest absolute Gasteiger partial charge is 0.280 e. The third kappa shape index (κ3) is 2.00. The summed E-state index contributed by atoms with van der Waals surface area (Å²) in [4.78, 5) is 21.0. The Labute approximate surface area is 125 Å². The normalized spacial score (nSPS) is 10.9. The second-order valence-corrected chi connectivity index (χ2v) is 4.92. The molecule has 4 aromatic rings. The molecule has 0 amide bonds. The van der Waals surface area contributed by atoms with Crippen molar-refractivity contribution in [2.45, 2.75) is 0 Å². The molecule has 0 fully saturated rings. The highest BCUT2D eigenvalue weighted by atomic mass is 16.1. The predicted octanol–water partition coefficient (Wildman–Crippen LogP) is 2.78. The maximum absolute atomic E-state index is 12.5. The van der Waals surface area contributed by atoms with Gasteiger partial charge in [-0.3, -0.25) is 14.9 Å². The van der Waals surface area contributed by atoms with E-state index in [1.165, 1.54) is 4.68 Å². The number of para-hydroxylation sites is 1. The summed E-state index contributed by atoms with van der Waals surface area (Å²) in [5, 5.41) is 3.64. The SMILES string of the molecule is O=c1c2ccc(-c3ccncc3)nc2[nH]n1-c1ccccc1. The van der Waals surface area contributed by atoms with Crippen LogP contribution in [-0.2, 0) is 0 Å². The molecule has 106 valence electrons.